The molecule has 12 heteroatoms. The van der Waals surface area contributed by atoms with Crippen LogP contribution in [0.2, 0.25) is 0 Å². The monoisotopic (exact) mass is 575 g/mol. The van der Waals surface area contributed by atoms with E-state index in [0.29, 0.717) is 22.4 Å². The summed E-state index contributed by atoms with van der Waals surface area (Å²) in [5.41, 5.74) is 1.65. The van der Waals surface area contributed by atoms with E-state index >= 15 is 0 Å². The molecular formula is C30H30FN5O6. The number of aliphatic hydroxyl groups is 1. The summed E-state index contributed by atoms with van der Waals surface area (Å²) in [6, 6.07) is 9.81. The van der Waals surface area contributed by atoms with E-state index in [-0.39, 0.29) is 24.3 Å². The van der Waals surface area contributed by atoms with Crippen molar-refractivity contribution in [2.75, 3.05) is 13.1 Å². The number of hydrogen-bond donors (Lipinski definition) is 3. The number of likely N-dealkylation sites (tertiary alicyclic amines) is 1. The molecule has 0 bridgehead atoms. The molecule has 1 aromatic heterocycles. The Morgan fingerprint density at radius 1 is 1.19 bits per heavy atom. The molecule has 0 radical (unpaired) electrons. The molecule has 3 N–H and O–H groups in total. The summed E-state index contributed by atoms with van der Waals surface area (Å²) >= 11 is 0. The lowest BCUT2D eigenvalue weighted by Gasteiger charge is -2.26. The Bertz CT molecular complexity index is 1590. The molecule has 1 aliphatic heterocycles. The average Bonchev–Trinajstić information content (AvgIpc) is 3.72. The van der Waals surface area contributed by atoms with Gasteiger partial charge in [0.1, 0.15) is 17.6 Å². The number of β-amino-alcohol motifs (C(OH)–C–C–N with tert-alkyl or cyclic N) is 1. The second kappa shape index (κ2) is 12.0. The zero-order chi connectivity index (χ0) is 30.0. The zero-order valence-electron chi connectivity index (χ0n) is 22.8. The van der Waals surface area contributed by atoms with E-state index in [1.54, 1.807) is 19.1 Å². The van der Waals surface area contributed by atoms with Crippen molar-refractivity contribution in [2.24, 2.45) is 5.92 Å². The average molecular weight is 576 g/mol. The minimum Gasteiger partial charge on any atom is -0.391 e. The van der Waals surface area contributed by atoms with E-state index < -0.39 is 53.2 Å². The van der Waals surface area contributed by atoms with E-state index in [1.165, 1.54) is 41.3 Å². The Morgan fingerprint density at radius 2 is 1.98 bits per heavy atom. The molecule has 2 aliphatic rings. The number of aromatic nitrogens is 1. The number of carbonyl (C=O) groups is 3. The maximum atomic E-state index is 13.4. The number of aliphatic hydroxyl groups excluding tert-OH is 1. The fourth-order valence-corrected chi connectivity index (χ4v) is 5.03. The van der Waals surface area contributed by atoms with Gasteiger partial charge < -0.3 is 20.6 Å². The van der Waals surface area contributed by atoms with Gasteiger partial charge >= 0.3 is 0 Å². The third kappa shape index (κ3) is 6.60. The topological polar surface area (TPSA) is 155 Å². The van der Waals surface area contributed by atoms with E-state index in [4.69, 9.17) is 0 Å². The number of non-ortho nitro benzene ring substituents is 1. The molecule has 0 spiro atoms. The van der Waals surface area contributed by atoms with Gasteiger partial charge in [-0.05, 0) is 67.1 Å². The first-order valence-electron chi connectivity index (χ1n) is 13.7. The first kappa shape index (κ1) is 28.8. The number of allylic oxidation sites excluding steroid dienone is 1. The Morgan fingerprint density at radius 3 is 2.71 bits per heavy atom. The molecule has 5 rings (SSSR count). The van der Waals surface area contributed by atoms with Crippen molar-refractivity contribution in [1.29, 1.82) is 0 Å². The summed E-state index contributed by atoms with van der Waals surface area (Å²) in [6.45, 7) is 1.18. The number of amides is 3. The van der Waals surface area contributed by atoms with Crippen LogP contribution in [0.5, 0.6) is 0 Å². The lowest BCUT2D eigenvalue weighted by atomic mass is 9.99. The molecule has 11 nitrogen and oxygen atoms in total. The fraction of sp³-hybridized carbons (Fsp3) is 0.333. The summed E-state index contributed by atoms with van der Waals surface area (Å²) in [5, 5.41) is 27.5. The summed E-state index contributed by atoms with van der Waals surface area (Å²) in [6.07, 6.45) is 5.21. The number of nitro groups is 1. The Labute approximate surface area is 240 Å². The lowest BCUT2D eigenvalue weighted by Crippen LogP contribution is -2.49. The van der Waals surface area contributed by atoms with Gasteiger partial charge in [0.15, 0.2) is 0 Å². The lowest BCUT2D eigenvalue weighted by molar-refractivity contribution is -0.384. The third-order valence-electron chi connectivity index (χ3n) is 7.46. The molecule has 3 amide bonds. The van der Waals surface area contributed by atoms with Gasteiger partial charge in [-0.15, -0.1) is 0 Å². The first-order valence-corrected chi connectivity index (χ1v) is 13.7. The van der Waals surface area contributed by atoms with Crippen LogP contribution in [0.3, 0.4) is 0 Å². The van der Waals surface area contributed by atoms with Crippen LogP contribution in [0, 0.1) is 21.8 Å². The van der Waals surface area contributed by atoms with Crippen molar-refractivity contribution in [3.63, 3.8) is 0 Å². The molecule has 3 atom stereocenters. The minimum absolute atomic E-state index is 0.00437. The van der Waals surface area contributed by atoms with Gasteiger partial charge in [0.05, 0.1) is 29.1 Å². The zero-order valence-corrected chi connectivity index (χ0v) is 22.8. The standard InChI is InChI=1S/C30H30FN5O6/c1-17(24-13-22(36(41)42)9-6-19(24)5-4-18-2-3-18)33-30(40)27-14-23(37)16-35(27)28(38)15-32-29(39)26-10-7-20-12-21(31)8-11-25(20)34-26/h4-13,17-18,23,27,37H,2-3,14-16H2,1H3,(H,32,39)(H,33,40)/b5-4+/t17-,23+,27-/m0/s1. The summed E-state index contributed by atoms with van der Waals surface area (Å²) in [4.78, 5) is 55.3. The van der Waals surface area contributed by atoms with Crippen molar-refractivity contribution in [2.45, 2.75) is 44.4 Å². The number of pyridine rings is 1. The number of carbonyl (C=O) groups excluding carboxylic acids is 3. The van der Waals surface area contributed by atoms with Crippen molar-refractivity contribution in [1.82, 2.24) is 20.5 Å². The van der Waals surface area contributed by atoms with Crippen LogP contribution in [0.25, 0.3) is 17.0 Å². The van der Waals surface area contributed by atoms with Crippen LogP contribution in [-0.2, 0) is 9.59 Å². The highest BCUT2D eigenvalue weighted by Gasteiger charge is 2.39. The largest absolute Gasteiger partial charge is 0.391 e. The first-order chi connectivity index (χ1) is 20.1. The predicted molar refractivity (Wildman–Crippen MR) is 152 cm³/mol. The molecule has 42 heavy (non-hydrogen) atoms. The molecule has 2 heterocycles. The van der Waals surface area contributed by atoms with Crippen molar-refractivity contribution < 1.29 is 28.8 Å². The smallest absolute Gasteiger partial charge is 0.270 e. The maximum absolute atomic E-state index is 13.4. The fourth-order valence-electron chi connectivity index (χ4n) is 5.03. The number of nitrogens with one attached hydrogen (secondary N) is 2. The minimum atomic E-state index is -0.996. The molecule has 2 fully saturated rings. The van der Waals surface area contributed by atoms with Gasteiger partial charge in [0.2, 0.25) is 11.8 Å². The number of rotatable bonds is 9. The Balaban J connectivity index is 1.24. The quantitative estimate of drug-likeness (QED) is 0.261. The van der Waals surface area contributed by atoms with Crippen molar-refractivity contribution >= 4 is 40.4 Å². The molecule has 1 aliphatic carbocycles. The van der Waals surface area contributed by atoms with Crippen LogP contribution in [0.15, 0.2) is 54.6 Å². The van der Waals surface area contributed by atoms with Gasteiger partial charge in [0.25, 0.3) is 11.6 Å². The highest BCUT2D eigenvalue weighted by atomic mass is 19.1. The Kier molecular flexibility index (Phi) is 8.25. The molecule has 3 aromatic rings. The summed E-state index contributed by atoms with van der Waals surface area (Å²) in [5.74, 6) is -1.66. The highest BCUT2D eigenvalue weighted by molar-refractivity contribution is 5.97. The number of nitrogens with zero attached hydrogens (tertiary/aromatic N) is 3. The van der Waals surface area contributed by atoms with Gasteiger partial charge in [-0.1, -0.05) is 18.2 Å². The van der Waals surface area contributed by atoms with Gasteiger partial charge in [-0.25, -0.2) is 9.37 Å². The van der Waals surface area contributed by atoms with Crippen LogP contribution in [-0.4, -0.2) is 62.9 Å². The predicted octanol–water partition coefficient (Wildman–Crippen LogP) is 3.27. The number of hydrogen-bond acceptors (Lipinski definition) is 7. The van der Waals surface area contributed by atoms with Crippen LogP contribution >= 0.6 is 0 Å². The van der Waals surface area contributed by atoms with Gasteiger partial charge in [-0.3, -0.25) is 24.5 Å². The van der Waals surface area contributed by atoms with Gasteiger partial charge in [-0.2, -0.15) is 0 Å². The second-order valence-electron chi connectivity index (χ2n) is 10.7. The van der Waals surface area contributed by atoms with Gasteiger partial charge in [0, 0.05) is 30.5 Å². The normalized spacial score (nSPS) is 19.2. The SMILES string of the molecule is C[C@H](NC(=O)[C@@H]1C[C@@H](O)CN1C(=O)CNC(=O)c1ccc2cc(F)ccc2n1)c1cc([N+](=O)[O-])ccc1/C=C/C1CC1. The molecule has 218 valence electrons. The number of halogens is 1. The molecule has 1 saturated heterocycles. The van der Waals surface area contributed by atoms with Crippen molar-refractivity contribution in [3.8, 4) is 0 Å². The van der Waals surface area contributed by atoms with Crippen LogP contribution in [0.4, 0.5) is 10.1 Å². The summed E-state index contributed by atoms with van der Waals surface area (Å²) in [7, 11) is 0. The van der Waals surface area contributed by atoms with Crippen molar-refractivity contribution in [3.05, 3.63) is 87.4 Å². The Hall–Kier alpha value is -4.71. The molecule has 1 saturated carbocycles. The van der Waals surface area contributed by atoms with E-state index in [0.717, 1.165) is 18.4 Å². The van der Waals surface area contributed by atoms with E-state index in [2.05, 4.69) is 21.7 Å². The van der Waals surface area contributed by atoms with E-state index in [1.807, 2.05) is 6.08 Å². The highest BCUT2D eigenvalue weighted by Crippen LogP contribution is 2.32. The second-order valence-corrected chi connectivity index (χ2v) is 10.7. The maximum Gasteiger partial charge on any atom is 0.270 e. The molecule has 0 unspecified atom stereocenters. The van der Waals surface area contributed by atoms with E-state index in [9.17, 15) is 34.0 Å². The number of benzene rings is 2. The molecule has 2 aromatic carbocycles. The molecular weight excluding hydrogens is 545 g/mol. The third-order valence-corrected chi connectivity index (χ3v) is 7.46. The van der Waals surface area contributed by atoms with Crippen LogP contribution in [0.1, 0.15) is 53.8 Å². The van der Waals surface area contributed by atoms with Crippen LogP contribution < -0.4 is 10.6 Å². The number of fused-ring (bicyclic) bond motifs is 1. The summed E-state index contributed by atoms with van der Waals surface area (Å²) < 4.78 is 13.4. The number of nitro benzene ring substituents is 1.